The fraction of sp³-hybridized carbons (Fsp3) is 0.714. The zero-order valence-corrected chi connectivity index (χ0v) is 12.0. The van der Waals surface area contributed by atoms with Crippen LogP contribution in [0.1, 0.15) is 25.0 Å². The highest BCUT2D eigenvalue weighted by Gasteiger charge is 2.31. The van der Waals surface area contributed by atoms with Crippen LogP contribution in [-0.4, -0.2) is 42.0 Å². The quantitative estimate of drug-likeness (QED) is 0.913. The molecule has 2 saturated heterocycles. The van der Waals surface area contributed by atoms with E-state index in [1.165, 1.54) is 12.8 Å². The normalized spacial score (nSPS) is 27.1. The van der Waals surface area contributed by atoms with Gasteiger partial charge in [0, 0.05) is 24.9 Å². The highest BCUT2D eigenvalue weighted by molar-refractivity contribution is 7.07. The third-order valence-corrected chi connectivity index (χ3v) is 5.09. The van der Waals surface area contributed by atoms with Gasteiger partial charge < -0.3 is 10.2 Å². The van der Waals surface area contributed by atoms with Crippen molar-refractivity contribution in [3.63, 3.8) is 0 Å². The van der Waals surface area contributed by atoms with Crippen LogP contribution < -0.4 is 5.32 Å². The van der Waals surface area contributed by atoms with Crippen molar-refractivity contribution in [3.8, 4) is 0 Å². The fourth-order valence-electron chi connectivity index (χ4n) is 3.22. The lowest BCUT2D eigenvalue weighted by molar-refractivity contribution is -0.131. The van der Waals surface area contributed by atoms with E-state index in [9.17, 15) is 4.79 Å². The summed E-state index contributed by atoms with van der Waals surface area (Å²) >= 11 is 1.60. The Hall–Kier alpha value is -0.940. The summed E-state index contributed by atoms with van der Waals surface area (Å²) in [5, 5.41) is 5.50. The van der Waals surface area contributed by atoms with Crippen molar-refractivity contribution in [2.45, 2.75) is 25.7 Å². The summed E-state index contributed by atoms with van der Waals surface area (Å²) in [6, 6.07) is 0. The van der Waals surface area contributed by atoms with Gasteiger partial charge in [-0.15, -0.1) is 11.3 Å². The Kier molecular flexibility index (Phi) is 4.13. The van der Waals surface area contributed by atoms with Crippen LogP contribution in [0.25, 0.3) is 0 Å². The van der Waals surface area contributed by atoms with Gasteiger partial charge >= 0.3 is 0 Å². The summed E-state index contributed by atoms with van der Waals surface area (Å²) in [5.41, 5.74) is 2.88. The van der Waals surface area contributed by atoms with Crippen molar-refractivity contribution in [2.75, 3.05) is 26.2 Å². The van der Waals surface area contributed by atoms with E-state index in [4.69, 9.17) is 0 Å². The molecule has 0 bridgehead atoms. The maximum atomic E-state index is 12.3. The topological polar surface area (TPSA) is 45.2 Å². The molecule has 2 aliphatic heterocycles. The van der Waals surface area contributed by atoms with Crippen molar-refractivity contribution in [2.24, 2.45) is 11.8 Å². The molecule has 5 heteroatoms. The number of aryl methyl sites for hydroxylation is 1. The van der Waals surface area contributed by atoms with Gasteiger partial charge in [-0.1, -0.05) is 0 Å². The van der Waals surface area contributed by atoms with Crippen LogP contribution >= 0.6 is 11.3 Å². The first-order valence-electron chi connectivity index (χ1n) is 7.18. The molecule has 2 fully saturated rings. The number of hydrogen-bond acceptors (Lipinski definition) is 4. The molecule has 0 saturated carbocycles. The molecule has 104 valence electrons. The van der Waals surface area contributed by atoms with Gasteiger partial charge in [-0.2, -0.15) is 0 Å². The summed E-state index contributed by atoms with van der Waals surface area (Å²) < 4.78 is 0. The molecule has 1 amide bonds. The summed E-state index contributed by atoms with van der Waals surface area (Å²) in [5.74, 6) is 1.88. The third-order valence-electron chi connectivity index (χ3n) is 4.45. The van der Waals surface area contributed by atoms with Crippen LogP contribution in [0.3, 0.4) is 0 Å². The van der Waals surface area contributed by atoms with Gasteiger partial charge in [0.1, 0.15) is 0 Å². The molecule has 0 spiro atoms. The Morgan fingerprint density at radius 1 is 1.37 bits per heavy atom. The van der Waals surface area contributed by atoms with Gasteiger partial charge in [0.25, 0.3) is 0 Å². The van der Waals surface area contributed by atoms with Crippen molar-refractivity contribution < 1.29 is 4.79 Å². The van der Waals surface area contributed by atoms with Crippen LogP contribution in [0.15, 0.2) is 10.9 Å². The van der Waals surface area contributed by atoms with Gasteiger partial charge in [-0.25, -0.2) is 4.98 Å². The van der Waals surface area contributed by atoms with E-state index < -0.39 is 0 Å². The molecule has 1 aromatic rings. The first kappa shape index (κ1) is 13.1. The highest BCUT2D eigenvalue weighted by Crippen LogP contribution is 2.27. The molecule has 0 radical (unpaired) electrons. The maximum Gasteiger partial charge on any atom is 0.222 e. The van der Waals surface area contributed by atoms with E-state index >= 15 is 0 Å². The number of nitrogens with one attached hydrogen (secondary N) is 1. The highest BCUT2D eigenvalue weighted by atomic mass is 32.1. The lowest BCUT2D eigenvalue weighted by atomic mass is 9.92. The molecule has 2 aliphatic rings. The SMILES string of the molecule is O=C(CCc1cscn1)N1CC[C@@H]2CNC[C@@H]2CC1. The van der Waals surface area contributed by atoms with Crippen LogP contribution in [0.5, 0.6) is 0 Å². The molecule has 0 aliphatic carbocycles. The van der Waals surface area contributed by atoms with Crippen LogP contribution in [0.2, 0.25) is 0 Å². The number of rotatable bonds is 3. The number of fused-ring (bicyclic) bond motifs is 1. The largest absolute Gasteiger partial charge is 0.343 e. The van der Waals surface area contributed by atoms with Crippen molar-refractivity contribution in [1.82, 2.24) is 15.2 Å². The molecule has 3 heterocycles. The standard InChI is InChI=1S/C14H21N3OS/c18-14(2-1-13-9-19-10-16-13)17-5-3-11-7-15-8-12(11)4-6-17/h9-12,15H,1-8H2/t11-,12+. The predicted molar refractivity (Wildman–Crippen MR) is 76.1 cm³/mol. The van der Waals surface area contributed by atoms with Gasteiger partial charge in [-0.05, 0) is 44.2 Å². The Balaban J connectivity index is 1.50. The Bertz CT molecular complexity index is 406. The van der Waals surface area contributed by atoms with E-state index in [0.29, 0.717) is 12.3 Å². The smallest absolute Gasteiger partial charge is 0.222 e. The van der Waals surface area contributed by atoms with E-state index in [2.05, 4.69) is 15.2 Å². The average molecular weight is 279 g/mol. The minimum absolute atomic E-state index is 0.306. The third kappa shape index (κ3) is 3.15. The fourth-order valence-corrected chi connectivity index (χ4v) is 3.81. The van der Waals surface area contributed by atoms with Gasteiger partial charge in [0.05, 0.1) is 11.2 Å². The monoisotopic (exact) mass is 279 g/mol. The Morgan fingerprint density at radius 2 is 2.11 bits per heavy atom. The number of nitrogens with zero attached hydrogens (tertiary/aromatic N) is 2. The average Bonchev–Trinajstić information content (AvgIpc) is 3.05. The second-order valence-corrected chi connectivity index (χ2v) is 6.34. The zero-order chi connectivity index (χ0) is 13.1. The minimum atomic E-state index is 0.306. The van der Waals surface area contributed by atoms with Gasteiger partial charge in [-0.3, -0.25) is 4.79 Å². The first-order chi connectivity index (χ1) is 9.33. The van der Waals surface area contributed by atoms with E-state index in [1.807, 2.05) is 10.9 Å². The van der Waals surface area contributed by atoms with Crippen LogP contribution in [0, 0.1) is 11.8 Å². The Labute approximate surface area is 118 Å². The molecular formula is C14H21N3OS. The number of carbonyl (C=O) groups is 1. The number of amides is 1. The molecule has 19 heavy (non-hydrogen) atoms. The predicted octanol–water partition coefficient (Wildman–Crippen LogP) is 1.53. The molecule has 0 aromatic carbocycles. The Morgan fingerprint density at radius 3 is 2.74 bits per heavy atom. The molecule has 2 atom stereocenters. The number of likely N-dealkylation sites (tertiary alicyclic amines) is 1. The molecular weight excluding hydrogens is 258 g/mol. The number of carbonyl (C=O) groups excluding carboxylic acids is 1. The summed E-state index contributed by atoms with van der Waals surface area (Å²) in [4.78, 5) is 18.6. The molecule has 3 rings (SSSR count). The van der Waals surface area contributed by atoms with E-state index in [1.54, 1.807) is 11.3 Å². The molecule has 0 unspecified atom stereocenters. The summed E-state index contributed by atoms with van der Waals surface area (Å²) in [6.07, 6.45) is 3.73. The van der Waals surface area contributed by atoms with Crippen LogP contribution in [-0.2, 0) is 11.2 Å². The van der Waals surface area contributed by atoms with Gasteiger partial charge in [0.2, 0.25) is 5.91 Å². The molecule has 4 nitrogen and oxygen atoms in total. The number of thiazole rings is 1. The lowest BCUT2D eigenvalue weighted by Crippen LogP contribution is -2.32. The summed E-state index contributed by atoms with van der Waals surface area (Å²) in [6.45, 7) is 4.18. The second-order valence-electron chi connectivity index (χ2n) is 5.62. The van der Waals surface area contributed by atoms with Crippen LogP contribution in [0.4, 0.5) is 0 Å². The van der Waals surface area contributed by atoms with E-state index in [-0.39, 0.29) is 0 Å². The zero-order valence-electron chi connectivity index (χ0n) is 11.2. The molecule has 1 aromatic heterocycles. The number of aromatic nitrogens is 1. The minimum Gasteiger partial charge on any atom is -0.343 e. The van der Waals surface area contributed by atoms with E-state index in [0.717, 1.165) is 50.1 Å². The van der Waals surface area contributed by atoms with Crippen molar-refractivity contribution in [3.05, 3.63) is 16.6 Å². The first-order valence-corrected chi connectivity index (χ1v) is 8.13. The number of hydrogen-bond donors (Lipinski definition) is 1. The summed E-state index contributed by atoms with van der Waals surface area (Å²) in [7, 11) is 0. The maximum absolute atomic E-state index is 12.3. The van der Waals surface area contributed by atoms with Gasteiger partial charge in [0.15, 0.2) is 0 Å². The lowest BCUT2D eigenvalue weighted by Gasteiger charge is -2.20. The molecule has 1 N–H and O–H groups in total. The second kappa shape index (κ2) is 6.01. The van der Waals surface area contributed by atoms with Crippen molar-refractivity contribution in [1.29, 1.82) is 0 Å². The van der Waals surface area contributed by atoms with Crippen molar-refractivity contribution >= 4 is 17.2 Å².